The third kappa shape index (κ3) is 1.56. The van der Waals surface area contributed by atoms with Crippen LogP contribution in [0.1, 0.15) is 19.3 Å². The van der Waals surface area contributed by atoms with Gasteiger partial charge in [0, 0.05) is 0 Å². The molecule has 2 heteroatoms. The number of halogens is 2. The van der Waals surface area contributed by atoms with Crippen LogP contribution in [0, 0.1) is 11.8 Å². The molecule has 0 nitrogen and oxygen atoms in total. The molecule has 0 bridgehead atoms. The van der Waals surface area contributed by atoms with E-state index in [-0.39, 0.29) is 3.23 Å². The Balaban J connectivity index is 2.07. The van der Waals surface area contributed by atoms with Crippen molar-refractivity contribution in [2.24, 2.45) is 11.8 Å². The summed E-state index contributed by atoms with van der Waals surface area (Å²) in [5, 5.41) is 0. The van der Waals surface area contributed by atoms with Crippen LogP contribution >= 0.6 is 31.9 Å². The van der Waals surface area contributed by atoms with E-state index in [1.807, 2.05) is 0 Å². The van der Waals surface area contributed by atoms with Crippen LogP contribution < -0.4 is 0 Å². The molecule has 1 saturated carbocycles. The minimum absolute atomic E-state index is 0.242. The first-order valence-electron chi connectivity index (χ1n) is 4.40. The summed E-state index contributed by atoms with van der Waals surface area (Å²) in [6.45, 7) is 0. The van der Waals surface area contributed by atoms with E-state index in [1.165, 1.54) is 12.8 Å². The second kappa shape index (κ2) is 3.30. The minimum atomic E-state index is 0.242. The molecule has 2 atom stereocenters. The van der Waals surface area contributed by atoms with Crippen molar-refractivity contribution in [3.63, 3.8) is 0 Å². The Kier molecular flexibility index (Phi) is 2.48. The monoisotopic (exact) mass is 290 g/mol. The normalized spacial score (nSPS) is 43.2. The summed E-state index contributed by atoms with van der Waals surface area (Å²) in [7, 11) is 0. The zero-order valence-electron chi connectivity index (χ0n) is 6.84. The molecule has 0 N–H and O–H groups in total. The zero-order valence-corrected chi connectivity index (χ0v) is 10.0. The lowest BCUT2D eigenvalue weighted by Gasteiger charge is -1.95. The van der Waals surface area contributed by atoms with Gasteiger partial charge in [0.15, 0.2) is 0 Å². The maximum atomic E-state index is 3.72. The van der Waals surface area contributed by atoms with Crippen LogP contribution in [0.25, 0.3) is 0 Å². The summed E-state index contributed by atoms with van der Waals surface area (Å²) in [4.78, 5) is 0. The van der Waals surface area contributed by atoms with Crippen molar-refractivity contribution < 1.29 is 0 Å². The lowest BCUT2D eigenvalue weighted by Crippen LogP contribution is -1.87. The van der Waals surface area contributed by atoms with Crippen LogP contribution in [0.2, 0.25) is 0 Å². The zero-order chi connectivity index (χ0) is 8.60. The van der Waals surface area contributed by atoms with Gasteiger partial charge >= 0.3 is 0 Å². The predicted octanol–water partition coefficient (Wildman–Crippen LogP) is 4.01. The van der Waals surface area contributed by atoms with E-state index in [9.17, 15) is 0 Å². The molecule has 2 unspecified atom stereocenters. The van der Waals surface area contributed by atoms with Crippen molar-refractivity contribution in [1.82, 2.24) is 0 Å². The van der Waals surface area contributed by atoms with Gasteiger partial charge in [-0.2, -0.15) is 0 Å². The van der Waals surface area contributed by atoms with E-state index in [0.29, 0.717) is 0 Å². The molecular weight excluding hydrogens is 280 g/mol. The number of fused-ring (bicyclic) bond motifs is 1. The molecule has 0 saturated heterocycles. The van der Waals surface area contributed by atoms with E-state index in [1.54, 1.807) is 0 Å². The topological polar surface area (TPSA) is 0 Å². The predicted molar refractivity (Wildman–Crippen MR) is 59.7 cm³/mol. The van der Waals surface area contributed by atoms with E-state index < -0.39 is 0 Å². The number of rotatable bonds is 0. The third-order valence-corrected chi connectivity index (χ3v) is 5.10. The fourth-order valence-electron chi connectivity index (χ4n) is 1.86. The SMILES string of the molecule is BrC1(Br)C2C/C=C\C/C=C\CC21. The van der Waals surface area contributed by atoms with Gasteiger partial charge in [-0.15, -0.1) is 0 Å². The Morgan fingerprint density at radius 3 is 1.92 bits per heavy atom. The third-order valence-electron chi connectivity index (χ3n) is 2.75. The molecule has 2 rings (SSSR count). The molecule has 0 aromatic rings. The summed E-state index contributed by atoms with van der Waals surface area (Å²) in [5.74, 6) is 1.58. The van der Waals surface area contributed by atoms with Crippen LogP contribution in [-0.4, -0.2) is 3.23 Å². The summed E-state index contributed by atoms with van der Waals surface area (Å²) in [5.41, 5.74) is 0. The molecular formula is C10H12Br2. The second-order valence-electron chi connectivity index (χ2n) is 3.54. The Morgan fingerprint density at radius 2 is 1.42 bits per heavy atom. The standard InChI is InChI=1S/C10H12Br2/c11-10(12)8-6-4-2-1-3-5-7-9(8)10/h2-5,8-9H,1,6-7H2/b4-2-,5-3-. The van der Waals surface area contributed by atoms with Crippen LogP contribution in [0.5, 0.6) is 0 Å². The molecule has 0 aliphatic heterocycles. The molecule has 0 aromatic carbocycles. The van der Waals surface area contributed by atoms with Crippen molar-refractivity contribution in [3.8, 4) is 0 Å². The van der Waals surface area contributed by atoms with Gasteiger partial charge in [0.1, 0.15) is 0 Å². The van der Waals surface area contributed by atoms with Crippen LogP contribution in [0.3, 0.4) is 0 Å². The first-order chi connectivity index (χ1) is 5.73. The molecule has 0 heterocycles. The van der Waals surface area contributed by atoms with Gasteiger partial charge in [-0.1, -0.05) is 56.2 Å². The molecule has 2 aliphatic rings. The van der Waals surface area contributed by atoms with Gasteiger partial charge in [-0.25, -0.2) is 0 Å². The number of allylic oxidation sites excluding steroid dienone is 4. The number of hydrogen-bond donors (Lipinski definition) is 0. The van der Waals surface area contributed by atoms with Crippen molar-refractivity contribution in [2.75, 3.05) is 0 Å². The van der Waals surface area contributed by atoms with Crippen molar-refractivity contribution in [3.05, 3.63) is 24.3 Å². The van der Waals surface area contributed by atoms with Gasteiger partial charge in [-0.3, -0.25) is 0 Å². The molecule has 2 aliphatic carbocycles. The highest BCUT2D eigenvalue weighted by molar-refractivity contribution is 9.25. The van der Waals surface area contributed by atoms with Gasteiger partial charge in [0.2, 0.25) is 0 Å². The van der Waals surface area contributed by atoms with Gasteiger partial charge in [0.05, 0.1) is 3.23 Å². The largest absolute Gasteiger partial charge is 0.0879 e. The summed E-state index contributed by atoms with van der Waals surface area (Å²) >= 11 is 7.45. The Morgan fingerprint density at radius 1 is 0.917 bits per heavy atom. The molecule has 0 amide bonds. The maximum absolute atomic E-state index is 3.72. The average molecular weight is 292 g/mol. The number of alkyl halides is 2. The van der Waals surface area contributed by atoms with Crippen LogP contribution in [0.4, 0.5) is 0 Å². The highest BCUT2D eigenvalue weighted by Crippen LogP contribution is 2.65. The molecule has 0 aromatic heterocycles. The van der Waals surface area contributed by atoms with Crippen molar-refractivity contribution in [1.29, 1.82) is 0 Å². The molecule has 0 spiro atoms. The summed E-state index contributed by atoms with van der Waals surface area (Å²) < 4.78 is 0.242. The lowest BCUT2D eigenvalue weighted by molar-refractivity contribution is 0.720. The van der Waals surface area contributed by atoms with Crippen LogP contribution in [0.15, 0.2) is 24.3 Å². The smallest absolute Gasteiger partial charge is 0.0874 e. The van der Waals surface area contributed by atoms with Gasteiger partial charge in [0.25, 0.3) is 0 Å². The summed E-state index contributed by atoms with van der Waals surface area (Å²) in [6.07, 6.45) is 12.7. The highest BCUT2D eigenvalue weighted by atomic mass is 79.9. The van der Waals surface area contributed by atoms with E-state index in [4.69, 9.17) is 0 Å². The fourth-order valence-corrected chi connectivity index (χ4v) is 3.62. The molecule has 66 valence electrons. The number of hydrogen-bond acceptors (Lipinski definition) is 0. The van der Waals surface area contributed by atoms with Gasteiger partial charge in [-0.05, 0) is 31.1 Å². The molecule has 0 radical (unpaired) electrons. The molecule has 12 heavy (non-hydrogen) atoms. The molecule has 1 fully saturated rings. The fraction of sp³-hybridized carbons (Fsp3) is 0.600. The lowest BCUT2D eigenvalue weighted by atomic mass is 10.2. The van der Waals surface area contributed by atoms with E-state index in [0.717, 1.165) is 18.3 Å². The van der Waals surface area contributed by atoms with Gasteiger partial charge < -0.3 is 0 Å². The Bertz CT molecular complexity index is 206. The quantitative estimate of drug-likeness (QED) is 0.467. The van der Waals surface area contributed by atoms with E-state index >= 15 is 0 Å². The average Bonchev–Trinajstić information content (AvgIpc) is 2.56. The van der Waals surface area contributed by atoms with E-state index in [2.05, 4.69) is 56.2 Å². The second-order valence-corrected chi connectivity index (χ2v) is 7.23. The Labute approximate surface area is 90.4 Å². The summed E-state index contributed by atoms with van der Waals surface area (Å²) in [6, 6.07) is 0. The van der Waals surface area contributed by atoms with Crippen molar-refractivity contribution >= 4 is 31.9 Å². The first-order valence-corrected chi connectivity index (χ1v) is 5.99. The van der Waals surface area contributed by atoms with Crippen molar-refractivity contribution in [2.45, 2.75) is 22.5 Å². The highest BCUT2D eigenvalue weighted by Gasteiger charge is 2.59. The minimum Gasteiger partial charge on any atom is -0.0879 e. The van der Waals surface area contributed by atoms with Crippen LogP contribution in [-0.2, 0) is 0 Å². The Hall–Kier alpha value is 0.440. The first kappa shape index (κ1) is 9.01. The maximum Gasteiger partial charge on any atom is 0.0874 e.